The molecule has 0 aliphatic heterocycles. The molecule has 0 radical (unpaired) electrons. The molecule has 2 N–H and O–H groups in total. The molecule has 3 rings (SSSR count). The molecule has 1 aliphatic rings. The largest absolute Gasteiger partial charge is 0.391 e. The fourth-order valence-corrected chi connectivity index (χ4v) is 2.16. The topological polar surface area (TPSA) is 45.1 Å². The van der Waals surface area contributed by atoms with Crippen LogP contribution in [-0.2, 0) is 0 Å². The normalized spacial score (nSPS) is 16.8. The van der Waals surface area contributed by atoms with E-state index in [0.717, 1.165) is 23.9 Å². The maximum atomic E-state index is 13.6. The summed E-state index contributed by atoms with van der Waals surface area (Å²) < 4.78 is 13.6. The van der Waals surface area contributed by atoms with Gasteiger partial charge in [0.1, 0.15) is 11.3 Å². The fourth-order valence-electron chi connectivity index (χ4n) is 2.16. The molecule has 4 heteroatoms. The lowest BCUT2D eigenvalue weighted by atomic mass is 10.1. The molecule has 0 spiro atoms. The number of nitrogens with zero attached hydrogens (tertiary/aromatic N) is 1. The summed E-state index contributed by atoms with van der Waals surface area (Å²) >= 11 is 0. The van der Waals surface area contributed by atoms with Crippen LogP contribution in [0.3, 0.4) is 0 Å². The van der Waals surface area contributed by atoms with Gasteiger partial charge in [-0.25, -0.2) is 4.39 Å². The van der Waals surface area contributed by atoms with Crippen molar-refractivity contribution in [1.82, 2.24) is 4.98 Å². The van der Waals surface area contributed by atoms with Crippen LogP contribution in [0.25, 0.3) is 10.9 Å². The van der Waals surface area contributed by atoms with E-state index in [1.54, 1.807) is 18.3 Å². The van der Waals surface area contributed by atoms with Crippen molar-refractivity contribution in [3.63, 3.8) is 0 Å². The first-order valence-corrected chi connectivity index (χ1v) is 6.21. The number of pyridine rings is 1. The minimum atomic E-state index is -0.320. The van der Waals surface area contributed by atoms with Gasteiger partial charge in [-0.05, 0) is 30.9 Å². The van der Waals surface area contributed by atoms with Crippen LogP contribution in [0, 0.1) is 11.7 Å². The summed E-state index contributed by atoms with van der Waals surface area (Å²) in [5.74, 6) is 0.112. The molecule has 0 bridgehead atoms. The van der Waals surface area contributed by atoms with Crippen molar-refractivity contribution in [1.29, 1.82) is 0 Å². The summed E-state index contributed by atoms with van der Waals surface area (Å²) in [6.07, 6.45) is 3.47. The molecule has 1 aliphatic carbocycles. The van der Waals surface area contributed by atoms with Gasteiger partial charge in [-0.3, -0.25) is 4.98 Å². The Bertz CT molecular complexity index is 569. The second-order valence-corrected chi connectivity index (χ2v) is 4.78. The Morgan fingerprint density at radius 3 is 3.00 bits per heavy atom. The van der Waals surface area contributed by atoms with Gasteiger partial charge in [0.25, 0.3) is 0 Å². The minimum Gasteiger partial charge on any atom is -0.391 e. The first kappa shape index (κ1) is 11.4. The highest BCUT2D eigenvalue weighted by atomic mass is 19.1. The molecule has 1 atom stereocenters. The number of anilines is 1. The third-order valence-corrected chi connectivity index (χ3v) is 3.39. The number of nitrogens with one attached hydrogen (secondary N) is 1. The molecule has 1 aromatic heterocycles. The molecule has 1 aromatic carbocycles. The molecule has 0 saturated heterocycles. The van der Waals surface area contributed by atoms with Crippen molar-refractivity contribution in [2.45, 2.75) is 18.9 Å². The highest BCUT2D eigenvalue weighted by molar-refractivity contribution is 5.91. The van der Waals surface area contributed by atoms with Gasteiger partial charge < -0.3 is 10.4 Å². The number of para-hydroxylation sites is 1. The summed E-state index contributed by atoms with van der Waals surface area (Å²) in [6, 6.07) is 6.71. The van der Waals surface area contributed by atoms with E-state index in [2.05, 4.69) is 10.3 Å². The highest BCUT2D eigenvalue weighted by Gasteiger charge is 2.29. The molecule has 1 heterocycles. The van der Waals surface area contributed by atoms with Crippen LogP contribution < -0.4 is 5.32 Å². The maximum absolute atomic E-state index is 13.6. The molecule has 1 unspecified atom stereocenters. The van der Waals surface area contributed by atoms with E-state index < -0.39 is 0 Å². The Hall–Kier alpha value is -1.68. The van der Waals surface area contributed by atoms with E-state index in [1.165, 1.54) is 6.07 Å². The van der Waals surface area contributed by atoms with E-state index in [0.29, 0.717) is 18.0 Å². The average Bonchev–Trinajstić information content (AvgIpc) is 3.21. The Kier molecular flexibility index (Phi) is 2.88. The molecule has 1 saturated carbocycles. The monoisotopic (exact) mass is 246 g/mol. The lowest BCUT2D eigenvalue weighted by Gasteiger charge is -2.13. The summed E-state index contributed by atoms with van der Waals surface area (Å²) in [6.45, 7) is 0.500. The van der Waals surface area contributed by atoms with E-state index in [-0.39, 0.29) is 11.9 Å². The fraction of sp³-hybridized carbons (Fsp3) is 0.357. The van der Waals surface area contributed by atoms with Crippen molar-refractivity contribution in [2.75, 3.05) is 11.9 Å². The van der Waals surface area contributed by atoms with E-state index in [1.807, 2.05) is 6.07 Å². The maximum Gasteiger partial charge on any atom is 0.149 e. The zero-order valence-electron chi connectivity index (χ0n) is 9.94. The summed E-state index contributed by atoms with van der Waals surface area (Å²) in [5, 5.41) is 13.8. The van der Waals surface area contributed by atoms with Gasteiger partial charge in [-0.15, -0.1) is 0 Å². The molecule has 94 valence electrons. The number of halogens is 1. The number of hydrogen-bond acceptors (Lipinski definition) is 3. The molecule has 3 nitrogen and oxygen atoms in total. The summed E-state index contributed by atoms with van der Waals surface area (Å²) in [5.41, 5.74) is 1.18. The summed E-state index contributed by atoms with van der Waals surface area (Å²) in [7, 11) is 0. The SMILES string of the molecule is OC(CNc1ccnc2c(F)cccc12)C1CC1. The van der Waals surface area contributed by atoms with E-state index in [9.17, 15) is 9.50 Å². The van der Waals surface area contributed by atoms with Crippen LogP contribution >= 0.6 is 0 Å². The number of aromatic nitrogens is 1. The Balaban J connectivity index is 1.84. The first-order chi connectivity index (χ1) is 8.75. The summed E-state index contributed by atoms with van der Waals surface area (Å²) in [4.78, 5) is 4.04. The van der Waals surface area contributed by atoms with Gasteiger partial charge in [0.2, 0.25) is 0 Å². The second-order valence-electron chi connectivity index (χ2n) is 4.78. The van der Waals surface area contributed by atoms with Crippen LogP contribution in [0.5, 0.6) is 0 Å². The van der Waals surface area contributed by atoms with Gasteiger partial charge in [0.05, 0.1) is 6.10 Å². The van der Waals surface area contributed by atoms with Crippen molar-refractivity contribution in [2.24, 2.45) is 5.92 Å². The van der Waals surface area contributed by atoms with Crippen molar-refractivity contribution in [3.8, 4) is 0 Å². The number of benzene rings is 1. The van der Waals surface area contributed by atoms with Gasteiger partial charge in [0.15, 0.2) is 0 Å². The predicted octanol–water partition coefficient (Wildman–Crippen LogP) is 2.56. The molecule has 1 fully saturated rings. The zero-order valence-corrected chi connectivity index (χ0v) is 9.94. The van der Waals surface area contributed by atoms with E-state index in [4.69, 9.17) is 0 Å². The zero-order chi connectivity index (χ0) is 12.5. The van der Waals surface area contributed by atoms with Gasteiger partial charge in [0, 0.05) is 23.8 Å². The quantitative estimate of drug-likeness (QED) is 0.871. The van der Waals surface area contributed by atoms with Gasteiger partial charge in [-0.2, -0.15) is 0 Å². The number of rotatable bonds is 4. The van der Waals surface area contributed by atoms with Crippen LogP contribution in [0.4, 0.5) is 10.1 Å². The third-order valence-electron chi connectivity index (χ3n) is 3.39. The number of aliphatic hydroxyl groups excluding tert-OH is 1. The second kappa shape index (κ2) is 4.53. The standard InChI is InChI=1S/C14H15FN2O/c15-11-3-1-2-10-12(6-7-16-14(10)11)17-8-13(18)9-4-5-9/h1-3,6-7,9,13,18H,4-5,8H2,(H,16,17). The average molecular weight is 246 g/mol. The smallest absolute Gasteiger partial charge is 0.149 e. The van der Waals surface area contributed by atoms with Crippen LogP contribution in [-0.4, -0.2) is 22.7 Å². The van der Waals surface area contributed by atoms with Crippen LogP contribution in [0.1, 0.15) is 12.8 Å². The number of aliphatic hydroxyl groups is 1. The van der Waals surface area contributed by atoms with Crippen LogP contribution in [0.15, 0.2) is 30.5 Å². The molecular weight excluding hydrogens is 231 g/mol. The number of fused-ring (bicyclic) bond motifs is 1. The highest BCUT2D eigenvalue weighted by Crippen LogP contribution is 2.33. The molecule has 2 aromatic rings. The molecule has 18 heavy (non-hydrogen) atoms. The third kappa shape index (κ3) is 2.16. The Morgan fingerprint density at radius 2 is 2.22 bits per heavy atom. The van der Waals surface area contributed by atoms with Gasteiger partial charge in [-0.1, -0.05) is 12.1 Å². The van der Waals surface area contributed by atoms with Crippen molar-refractivity contribution >= 4 is 16.6 Å². The van der Waals surface area contributed by atoms with Crippen molar-refractivity contribution in [3.05, 3.63) is 36.3 Å². The van der Waals surface area contributed by atoms with Crippen LogP contribution in [0.2, 0.25) is 0 Å². The minimum absolute atomic E-state index is 0.318. The van der Waals surface area contributed by atoms with E-state index >= 15 is 0 Å². The Morgan fingerprint density at radius 1 is 1.39 bits per heavy atom. The lowest BCUT2D eigenvalue weighted by Crippen LogP contribution is -2.21. The van der Waals surface area contributed by atoms with Crippen molar-refractivity contribution < 1.29 is 9.50 Å². The molecular formula is C14H15FN2O. The first-order valence-electron chi connectivity index (χ1n) is 6.21. The Labute approximate surface area is 105 Å². The predicted molar refractivity (Wildman–Crippen MR) is 68.9 cm³/mol. The van der Waals surface area contributed by atoms with Gasteiger partial charge >= 0.3 is 0 Å². The number of hydrogen-bond donors (Lipinski definition) is 2. The molecule has 0 amide bonds. The lowest BCUT2D eigenvalue weighted by molar-refractivity contribution is 0.164.